The highest BCUT2D eigenvalue weighted by molar-refractivity contribution is 5.70. The van der Waals surface area contributed by atoms with Gasteiger partial charge in [-0.15, -0.1) is 0 Å². The fourth-order valence-corrected chi connectivity index (χ4v) is 4.74. The fraction of sp³-hybridized carbons (Fsp3) is 0.684. The number of esters is 2. The van der Waals surface area contributed by atoms with E-state index in [1.54, 1.807) is 0 Å². The third kappa shape index (κ3) is 24.9. The molecular formula is C38H62O6. The lowest BCUT2D eigenvalue weighted by Gasteiger charge is -2.15. The third-order valence-corrected chi connectivity index (χ3v) is 7.49. The molecule has 0 aromatic carbocycles. The zero-order chi connectivity index (χ0) is 31.9. The molecule has 6 heteroatoms. The van der Waals surface area contributed by atoms with Crippen LogP contribution in [0.25, 0.3) is 0 Å². The third-order valence-electron chi connectivity index (χ3n) is 7.49. The van der Waals surface area contributed by atoms with Gasteiger partial charge in [0.05, 0.1) is 18.8 Å². The molecule has 6 nitrogen and oxygen atoms in total. The first-order valence-electron chi connectivity index (χ1n) is 17.5. The van der Waals surface area contributed by atoms with Crippen molar-refractivity contribution in [2.45, 2.75) is 154 Å². The summed E-state index contributed by atoms with van der Waals surface area (Å²) in [5, 5.41) is 9.49. The molecule has 0 bridgehead atoms. The van der Waals surface area contributed by atoms with Crippen LogP contribution in [-0.2, 0) is 23.8 Å². The van der Waals surface area contributed by atoms with Gasteiger partial charge in [-0.1, -0.05) is 132 Å². The number of unbranched alkanes of at least 4 members (excludes halogenated alkanes) is 9. The van der Waals surface area contributed by atoms with Crippen molar-refractivity contribution in [3.8, 4) is 0 Å². The molecule has 2 unspecified atom stereocenters. The van der Waals surface area contributed by atoms with Crippen molar-refractivity contribution < 1.29 is 28.9 Å². The van der Waals surface area contributed by atoms with Crippen molar-refractivity contribution in [3.63, 3.8) is 0 Å². The number of carbonyl (C=O) groups is 2. The van der Waals surface area contributed by atoms with Gasteiger partial charge in [-0.3, -0.25) is 9.59 Å². The Morgan fingerprint density at radius 2 is 1.18 bits per heavy atom. The van der Waals surface area contributed by atoms with Crippen LogP contribution in [-0.4, -0.2) is 48.6 Å². The van der Waals surface area contributed by atoms with Gasteiger partial charge in [0.2, 0.25) is 0 Å². The first-order valence-corrected chi connectivity index (χ1v) is 17.5. The fourth-order valence-electron chi connectivity index (χ4n) is 4.74. The van der Waals surface area contributed by atoms with Gasteiger partial charge < -0.3 is 19.3 Å². The molecule has 1 heterocycles. The van der Waals surface area contributed by atoms with Gasteiger partial charge in [0.15, 0.2) is 6.10 Å². The molecule has 0 saturated carbocycles. The molecule has 0 radical (unpaired) electrons. The lowest BCUT2D eigenvalue weighted by molar-refractivity contribution is -0.161. The standard InChI is InChI=1S/C38H62O6/c1-3-5-7-8-9-10-16-19-22-26-30-37(40)42-33-34(32-39)43-38(41)31-27-23-20-17-14-12-11-13-15-18-21-25-29-36-35(44-36)28-24-6-4-2/h6,12-15,20-21,23-25,34-36,39H,3-5,7-11,16-19,22,26-33H2,1-2H3/b14-12-,15-13-,23-20-,24-6-,25-21-/t34-,35?,36?/m0/s1. The highest BCUT2D eigenvalue weighted by Crippen LogP contribution is 2.29. The summed E-state index contributed by atoms with van der Waals surface area (Å²) in [6.07, 6.45) is 40.4. The number of aliphatic hydroxyl groups excluding tert-OH is 1. The van der Waals surface area contributed by atoms with Gasteiger partial charge in [0.25, 0.3) is 0 Å². The predicted octanol–water partition coefficient (Wildman–Crippen LogP) is 9.43. The van der Waals surface area contributed by atoms with Gasteiger partial charge in [0.1, 0.15) is 6.61 Å². The van der Waals surface area contributed by atoms with E-state index in [1.165, 1.54) is 44.9 Å². The summed E-state index contributed by atoms with van der Waals surface area (Å²) in [5.74, 6) is -0.700. The van der Waals surface area contributed by atoms with E-state index in [9.17, 15) is 14.7 Å². The van der Waals surface area contributed by atoms with Gasteiger partial charge in [-0.2, -0.15) is 0 Å². The quantitative estimate of drug-likeness (QED) is 0.0391. The van der Waals surface area contributed by atoms with Crippen molar-refractivity contribution in [2.75, 3.05) is 13.2 Å². The minimum absolute atomic E-state index is 0.1000. The topological polar surface area (TPSA) is 85.4 Å². The van der Waals surface area contributed by atoms with Crippen molar-refractivity contribution in [3.05, 3.63) is 60.8 Å². The van der Waals surface area contributed by atoms with Gasteiger partial charge in [-0.05, 0) is 51.4 Å². The van der Waals surface area contributed by atoms with Crippen LogP contribution in [0, 0.1) is 0 Å². The molecule has 3 atom stereocenters. The molecular weight excluding hydrogens is 552 g/mol. The largest absolute Gasteiger partial charge is 0.462 e. The Morgan fingerprint density at radius 3 is 1.75 bits per heavy atom. The summed E-state index contributed by atoms with van der Waals surface area (Å²) >= 11 is 0. The number of rotatable bonds is 29. The van der Waals surface area contributed by atoms with Crippen LogP contribution in [0.3, 0.4) is 0 Å². The van der Waals surface area contributed by atoms with Crippen LogP contribution in [0.2, 0.25) is 0 Å². The van der Waals surface area contributed by atoms with Crippen molar-refractivity contribution in [1.82, 2.24) is 0 Å². The minimum atomic E-state index is -0.813. The summed E-state index contributed by atoms with van der Waals surface area (Å²) in [5.41, 5.74) is 0. The van der Waals surface area contributed by atoms with Gasteiger partial charge in [-0.25, -0.2) is 0 Å². The number of carbonyl (C=O) groups excluding carboxylic acids is 2. The van der Waals surface area contributed by atoms with E-state index in [0.717, 1.165) is 57.8 Å². The molecule has 1 aliphatic rings. The summed E-state index contributed by atoms with van der Waals surface area (Å²) in [4.78, 5) is 24.1. The van der Waals surface area contributed by atoms with E-state index in [0.29, 0.717) is 25.0 Å². The van der Waals surface area contributed by atoms with Crippen molar-refractivity contribution in [2.24, 2.45) is 0 Å². The molecule has 1 aliphatic heterocycles. The number of allylic oxidation sites excluding steroid dienone is 8. The molecule has 0 aromatic heterocycles. The van der Waals surface area contributed by atoms with Crippen LogP contribution in [0.5, 0.6) is 0 Å². The Bertz CT molecular complexity index is 855. The number of hydrogen-bond acceptors (Lipinski definition) is 6. The molecule has 1 saturated heterocycles. The average molecular weight is 615 g/mol. The maximum absolute atomic E-state index is 12.1. The second-order valence-corrected chi connectivity index (χ2v) is 11.6. The molecule has 1 N–H and O–H groups in total. The molecule has 0 amide bonds. The zero-order valence-electron chi connectivity index (χ0n) is 27.8. The SMILES string of the molecule is CC/C=C\CC1OC1C/C=C\C/C=C\C/C=C\C/C=C\CCC(=O)O[C@@H](CO)COC(=O)CCCCCCCCCCCC. The van der Waals surface area contributed by atoms with Crippen LogP contribution in [0.15, 0.2) is 60.8 Å². The predicted molar refractivity (Wildman–Crippen MR) is 181 cm³/mol. The smallest absolute Gasteiger partial charge is 0.306 e. The Morgan fingerprint density at radius 1 is 0.659 bits per heavy atom. The summed E-state index contributed by atoms with van der Waals surface area (Å²) in [6.45, 7) is 3.92. The summed E-state index contributed by atoms with van der Waals surface area (Å²) in [6, 6.07) is 0. The first-order chi connectivity index (χ1) is 21.6. The highest BCUT2D eigenvalue weighted by atomic mass is 16.6. The lowest BCUT2D eigenvalue weighted by atomic mass is 10.1. The zero-order valence-corrected chi connectivity index (χ0v) is 27.8. The maximum atomic E-state index is 12.1. The van der Waals surface area contributed by atoms with Crippen molar-refractivity contribution in [1.29, 1.82) is 0 Å². The molecule has 0 spiro atoms. The van der Waals surface area contributed by atoms with E-state index >= 15 is 0 Å². The normalized spacial score (nSPS) is 17.5. The molecule has 250 valence electrons. The lowest BCUT2D eigenvalue weighted by Crippen LogP contribution is -2.28. The number of ether oxygens (including phenoxy) is 3. The number of aliphatic hydroxyl groups is 1. The van der Waals surface area contributed by atoms with Crippen LogP contribution < -0.4 is 0 Å². The second kappa shape index (κ2) is 29.3. The Hall–Kier alpha value is -2.44. The van der Waals surface area contributed by atoms with Gasteiger partial charge >= 0.3 is 11.9 Å². The maximum Gasteiger partial charge on any atom is 0.306 e. The van der Waals surface area contributed by atoms with Crippen LogP contribution in [0.4, 0.5) is 0 Å². The van der Waals surface area contributed by atoms with Crippen LogP contribution in [0.1, 0.15) is 136 Å². The number of epoxide rings is 1. The van der Waals surface area contributed by atoms with Gasteiger partial charge in [0, 0.05) is 12.8 Å². The summed E-state index contributed by atoms with van der Waals surface area (Å²) < 4.78 is 16.1. The van der Waals surface area contributed by atoms with E-state index in [4.69, 9.17) is 14.2 Å². The molecule has 0 aliphatic carbocycles. The first kappa shape index (κ1) is 39.6. The van der Waals surface area contributed by atoms with E-state index < -0.39 is 12.1 Å². The second-order valence-electron chi connectivity index (χ2n) is 11.6. The molecule has 1 fully saturated rings. The Kier molecular flexibility index (Phi) is 26.3. The van der Waals surface area contributed by atoms with Crippen LogP contribution >= 0.6 is 0 Å². The Balaban J connectivity index is 1.98. The minimum Gasteiger partial charge on any atom is -0.462 e. The molecule has 1 rings (SSSR count). The van der Waals surface area contributed by atoms with E-state index in [1.807, 2.05) is 12.2 Å². The Labute approximate surface area is 268 Å². The molecule has 0 aromatic rings. The van der Waals surface area contributed by atoms with Crippen molar-refractivity contribution >= 4 is 11.9 Å². The highest BCUT2D eigenvalue weighted by Gasteiger charge is 2.35. The molecule has 44 heavy (non-hydrogen) atoms. The van der Waals surface area contributed by atoms with E-state index in [-0.39, 0.29) is 25.6 Å². The average Bonchev–Trinajstić information content (AvgIpc) is 3.78. The number of hydrogen-bond donors (Lipinski definition) is 1. The monoisotopic (exact) mass is 614 g/mol. The summed E-state index contributed by atoms with van der Waals surface area (Å²) in [7, 11) is 0. The van der Waals surface area contributed by atoms with E-state index in [2.05, 4.69) is 62.5 Å².